The Morgan fingerprint density at radius 1 is 1.00 bits per heavy atom. The molecule has 0 radical (unpaired) electrons. The minimum absolute atomic E-state index is 0.0941. The first-order valence-electron chi connectivity index (χ1n) is 10.5. The predicted octanol–water partition coefficient (Wildman–Crippen LogP) is 3.01. The highest BCUT2D eigenvalue weighted by Gasteiger charge is 2.45. The van der Waals surface area contributed by atoms with Crippen LogP contribution in [0.4, 0.5) is 5.69 Å². The molecule has 3 rings (SSSR count). The second kappa shape index (κ2) is 10.5. The van der Waals surface area contributed by atoms with Gasteiger partial charge in [-0.2, -0.15) is 0 Å². The van der Waals surface area contributed by atoms with Crippen LogP contribution in [0.2, 0.25) is 0 Å². The van der Waals surface area contributed by atoms with Gasteiger partial charge in [-0.15, -0.1) is 0 Å². The number of aliphatic hydroxyl groups is 1. The second-order valence-electron chi connectivity index (χ2n) is 7.49. The van der Waals surface area contributed by atoms with Gasteiger partial charge in [-0.05, 0) is 50.4 Å². The van der Waals surface area contributed by atoms with Crippen molar-refractivity contribution in [1.29, 1.82) is 0 Å². The molecule has 4 atom stereocenters. The number of carbonyl (C=O) groups is 2. The van der Waals surface area contributed by atoms with Crippen molar-refractivity contribution in [1.82, 2.24) is 5.32 Å². The molecule has 0 aromatic heterocycles. The van der Waals surface area contributed by atoms with E-state index in [0.717, 1.165) is 16.5 Å². The van der Waals surface area contributed by atoms with Crippen LogP contribution < -0.4 is 10.6 Å². The summed E-state index contributed by atoms with van der Waals surface area (Å²) >= 11 is 5.47. The Balaban J connectivity index is 1.72. The van der Waals surface area contributed by atoms with Crippen LogP contribution in [0.15, 0.2) is 42.5 Å². The maximum atomic E-state index is 12.5. The molecule has 0 saturated heterocycles. The monoisotopic (exact) mass is 444 g/mol. The summed E-state index contributed by atoms with van der Waals surface area (Å²) in [7, 11) is 0. The first-order chi connectivity index (χ1) is 14.9. The van der Waals surface area contributed by atoms with Crippen molar-refractivity contribution in [3.8, 4) is 0 Å². The summed E-state index contributed by atoms with van der Waals surface area (Å²) in [5, 5.41) is 19.4. The molecular weight excluding hydrogens is 416 g/mol. The number of anilines is 1. The van der Waals surface area contributed by atoms with Crippen molar-refractivity contribution in [3.63, 3.8) is 0 Å². The van der Waals surface area contributed by atoms with Gasteiger partial charge in [0, 0.05) is 11.1 Å². The number of carbonyl (C=O) groups excluding carboxylic acids is 2. The zero-order valence-electron chi connectivity index (χ0n) is 17.7. The predicted molar refractivity (Wildman–Crippen MR) is 123 cm³/mol. The van der Waals surface area contributed by atoms with Crippen molar-refractivity contribution in [3.05, 3.63) is 42.5 Å². The van der Waals surface area contributed by atoms with E-state index in [2.05, 4.69) is 10.6 Å². The van der Waals surface area contributed by atoms with E-state index in [4.69, 9.17) is 21.7 Å². The van der Waals surface area contributed by atoms with E-state index in [9.17, 15) is 14.7 Å². The normalized spacial score (nSPS) is 23.1. The number of ether oxygens (including phenoxy) is 2. The fourth-order valence-corrected chi connectivity index (χ4v) is 4.28. The average molecular weight is 445 g/mol. The fourth-order valence-electron chi connectivity index (χ4n) is 4.02. The summed E-state index contributed by atoms with van der Waals surface area (Å²) in [6.07, 6.45) is -0.565. The Morgan fingerprint density at radius 2 is 1.61 bits per heavy atom. The molecule has 7 nitrogen and oxygen atoms in total. The van der Waals surface area contributed by atoms with Gasteiger partial charge in [0.15, 0.2) is 5.11 Å². The quantitative estimate of drug-likeness (QED) is 0.462. The van der Waals surface area contributed by atoms with Crippen LogP contribution in [0, 0.1) is 11.8 Å². The Morgan fingerprint density at radius 3 is 2.29 bits per heavy atom. The molecule has 0 unspecified atom stereocenters. The van der Waals surface area contributed by atoms with Crippen LogP contribution in [0.5, 0.6) is 0 Å². The molecule has 1 fully saturated rings. The van der Waals surface area contributed by atoms with Gasteiger partial charge in [-0.1, -0.05) is 36.4 Å². The molecule has 8 heteroatoms. The Kier molecular flexibility index (Phi) is 7.81. The summed E-state index contributed by atoms with van der Waals surface area (Å²) in [5.41, 5.74) is 0.840. The third kappa shape index (κ3) is 5.51. The zero-order chi connectivity index (χ0) is 22.4. The molecular formula is C23H28N2O5S. The summed E-state index contributed by atoms with van der Waals surface area (Å²) in [6.45, 7) is 3.85. The fraction of sp³-hybridized carbons (Fsp3) is 0.435. The number of hydrogen-bond donors (Lipinski definition) is 3. The standard InChI is InChI=1S/C23H28N2O5S/c1-3-29-21(27)16-12-19(20(26)13-17(16)22(28)30-4-2)25-23(31)24-18-11-7-9-14-8-5-6-10-15(14)18/h5-11,16-17,19-20,26H,3-4,12-13H2,1-2H3,(H2,24,25,31)/t16-,17-,19-,20-/m0/s1. The van der Waals surface area contributed by atoms with E-state index < -0.39 is 35.9 Å². The van der Waals surface area contributed by atoms with Crippen molar-refractivity contribution in [2.24, 2.45) is 11.8 Å². The number of fused-ring (bicyclic) bond motifs is 1. The van der Waals surface area contributed by atoms with Crippen molar-refractivity contribution >= 4 is 45.7 Å². The van der Waals surface area contributed by atoms with Gasteiger partial charge in [0.25, 0.3) is 0 Å². The summed E-state index contributed by atoms with van der Waals surface area (Å²) in [6, 6.07) is 13.3. The Labute approximate surface area is 187 Å². The van der Waals surface area contributed by atoms with Gasteiger partial charge in [0.05, 0.1) is 37.2 Å². The lowest BCUT2D eigenvalue weighted by molar-refractivity contribution is -0.165. The molecule has 0 aliphatic heterocycles. The van der Waals surface area contributed by atoms with Crippen LogP contribution in [-0.4, -0.2) is 47.5 Å². The van der Waals surface area contributed by atoms with E-state index in [1.165, 1.54) is 0 Å². The van der Waals surface area contributed by atoms with Crippen LogP contribution in [0.1, 0.15) is 26.7 Å². The largest absolute Gasteiger partial charge is 0.466 e. The number of thiocarbonyl (C=S) groups is 1. The van der Waals surface area contributed by atoms with Crippen LogP contribution in [-0.2, 0) is 19.1 Å². The van der Waals surface area contributed by atoms with Crippen LogP contribution in [0.25, 0.3) is 10.8 Å². The lowest BCUT2D eigenvalue weighted by Gasteiger charge is -2.37. The molecule has 0 heterocycles. The van der Waals surface area contributed by atoms with E-state index in [1.807, 2.05) is 42.5 Å². The second-order valence-corrected chi connectivity index (χ2v) is 7.90. The van der Waals surface area contributed by atoms with Gasteiger partial charge in [-0.25, -0.2) is 0 Å². The van der Waals surface area contributed by atoms with Crippen LogP contribution in [0.3, 0.4) is 0 Å². The van der Waals surface area contributed by atoms with E-state index in [0.29, 0.717) is 5.11 Å². The number of rotatable bonds is 6. The molecule has 3 N–H and O–H groups in total. The van der Waals surface area contributed by atoms with E-state index in [-0.39, 0.29) is 26.1 Å². The highest BCUT2D eigenvalue weighted by molar-refractivity contribution is 7.80. The minimum Gasteiger partial charge on any atom is -0.466 e. The molecule has 2 aromatic carbocycles. The number of hydrogen-bond acceptors (Lipinski definition) is 6. The number of benzene rings is 2. The summed E-state index contributed by atoms with van der Waals surface area (Å²) in [4.78, 5) is 24.9. The molecule has 1 aliphatic rings. The van der Waals surface area contributed by atoms with E-state index >= 15 is 0 Å². The Bertz CT molecular complexity index is 945. The number of aliphatic hydroxyl groups excluding tert-OH is 1. The van der Waals surface area contributed by atoms with Crippen LogP contribution >= 0.6 is 12.2 Å². The lowest BCUT2D eigenvalue weighted by Crippen LogP contribution is -2.53. The van der Waals surface area contributed by atoms with Crippen molar-refractivity contribution < 1.29 is 24.2 Å². The zero-order valence-corrected chi connectivity index (χ0v) is 18.5. The van der Waals surface area contributed by atoms with Crippen molar-refractivity contribution in [2.75, 3.05) is 18.5 Å². The summed E-state index contributed by atoms with van der Waals surface area (Å²) < 4.78 is 10.3. The van der Waals surface area contributed by atoms with Gasteiger partial charge in [0.2, 0.25) is 0 Å². The topological polar surface area (TPSA) is 96.9 Å². The molecule has 2 aromatic rings. The van der Waals surface area contributed by atoms with Gasteiger partial charge < -0.3 is 25.2 Å². The molecule has 0 bridgehead atoms. The highest BCUT2D eigenvalue weighted by Crippen LogP contribution is 2.33. The molecule has 1 saturated carbocycles. The average Bonchev–Trinajstić information content (AvgIpc) is 2.75. The molecule has 166 valence electrons. The minimum atomic E-state index is -0.868. The molecule has 0 spiro atoms. The SMILES string of the molecule is CCOC(=O)[C@H]1C[C@H](NC(=S)Nc2cccc3ccccc23)[C@@H](O)C[C@@H]1C(=O)OCC. The molecule has 31 heavy (non-hydrogen) atoms. The third-order valence-corrected chi connectivity index (χ3v) is 5.71. The first-order valence-corrected chi connectivity index (χ1v) is 10.9. The van der Waals surface area contributed by atoms with E-state index in [1.54, 1.807) is 13.8 Å². The summed E-state index contributed by atoms with van der Waals surface area (Å²) in [5.74, 6) is -2.41. The maximum Gasteiger partial charge on any atom is 0.309 e. The third-order valence-electron chi connectivity index (χ3n) is 5.49. The molecule has 0 amide bonds. The highest BCUT2D eigenvalue weighted by atomic mass is 32.1. The lowest BCUT2D eigenvalue weighted by atomic mass is 9.75. The number of esters is 2. The number of nitrogens with one attached hydrogen (secondary N) is 2. The smallest absolute Gasteiger partial charge is 0.309 e. The van der Waals surface area contributed by atoms with Crippen molar-refractivity contribution in [2.45, 2.75) is 38.8 Å². The maximum absolute atomic E-state index is 12.5. The van der Waals surface area contributed by atoms with Gasteiger partial charge in [0.1, 0.15) is 0 Å². The van der Waals surface area contributed by atoms with Gasteiger partial charge >= 0.3 is 11.9 Å². The first kappa shape index (κ1) is 23.0. The Hall–Kier alpha value is -2.71. The van der Waals surface area contributed by atoms with Gasteiger partial charge in [-0.3, -0.25) is 9.59 Å². The molecule has 1 aliphatic carbocycles.